The predicted molar refractivity (Wildman–Crippen MR) is 74.9 cm³/mol. The molecule has 4 aliphatic carbocycles. The van der Waals surface area contributed by atoms with Crippen LogP contribution in [0.5, 0.6) is 0 Å². The van der Waals surface area contributed by atoms with Crippen molar-refractivity contribution >= 4 is 21.6 Å². The summed E-state index contributed by atoms with van der Waals surface area (Å²) in [6.07, 6.45) is 7.38. The van der Waals surface area contributed by atoms with Crippen molar-refractivity contribution in [3.8, 4) is 0 Å². The van der Waals surface area contributed by atoms with Gasteiger partial charge in [-0.1, -0.05) is 12.1 Å². The van der Waals surface area contributed by atoms with Gasteiger partial charge in [-0.15, -0.1) is 11.3 Å². The van der Waals surface area contributed by atoms with E-state index in [9.17, 15) is 0 Å². The molecule has 0 N–H and O–H groups in total. The highest BCUT2D eigenvalue weighted by molar-refractivity contribution is 7.18. The molecule has 2 unspecified atom stereocenters. The summed E-state index contributed by atoms with van der Waals surface area (Å²) in [5.74, 6) is 3.01. The molecule has 1 heterocycles. The summed E-state index contributed by atoms with van der Waals surface area (Å²) in [6.45, 7) is 0. The first-order chi connectivity index (χ1) is 8.83. The molecule has 18 heavy (non-hydrogen) atoms. The number of para-hydroxylation sites is 1. The molecule has 0 spiro atoms. The first-order valence-electron chi connectivity index (χ1n) is 7.19. The third kappa shape index (κ3) is 1.11. The number of hydrogen-bond donors (Lipinski definition) is 0. The normalized spacial score (nSPS) is 41.0. The zero-order valence-corrected chi connectivity index (χ0v) is 11.2. The summed E-state index contributed by atoms with van der Waals surface area (Å²) in [5.41, 5.74) is 1.72. The van der Waals surface area contributed by atoms with Gasteiger partial charge in [-0.2, -0.15) is 0 Å². The second-order valence-electron chi connectivity index (χ2n) is 6.69. The fourth-order valence-electron chi connectivity index (χ4n) is 5.23. The van der Waals surface area contributed by atoms with Gasteiger partial charge in [0.25, 0.3) is 0 Å². The standard InChI is InChI=1S/C16H17NS/c1-2-4-14-13(3-1)17-15(18-14)16-8-10-5-11(9-16)7-12(16)6-10/h1-4,10-12H,5-9H2. The van der Waals surface area contributed by atoms with Gasteiger partial charge in [0, 0.05) is 5.41 Å². The summed E-state index contributed by atoms with van der Waals surface area (Å²) in [7, 11) is 0. The lowest BCUT2D eigenvalue weighted by Crippen LogP contribution is -2.27. The van der Waals surface area contributed by atoms with Crippen LogP contribution in [0.2, 0.25) is 0 Å². The maximum absolute atomic E-state index is 5.00. The van der Waals surface area contributed by atoms with Crippen LogP contribution in [0.25, 0.3) is 10.2 Å². The smallest absolute Gasteiger partial charge is 0.100 e. The minimum atomic E-state index is 0.497. The SMILES string of the molecule is c1ccc2sc(C34CC5CC(CC3C5)C4)nc2c1. The second-order valence-corrected chi connectivity index (χ2v) is 7.72. The largest absolute Gasteiger partial charge is 0.241 e. The average Bonchev–Trinajstić information content (AvgIpc) is 2.97. The maximum Gasteiger partial charge on any atom is 0.100 e. The van der Waals surface area contributed by atoms with Crippen LogP contribution in [-0.4, -0.2) is 4.98 Å². The molecular formula is C16H17NS. The van der Waals surface area contributed by atoms with Crippen LogP contribution < -0.4 is 0 Å². The predicted octanol–water partition coefficient (Wildman–Crippen LogP) is 4.37. The van der Waals surface area contributed by atoms with Gasteiger partial charge >= 0.3 is 0 Å². The van der Waals surface area contributed by atoms with Gasteiger partial charge in [0.1, 0.15) is 5.01 Å². The Bertz CT molecular complexity index is 582. The van der Waals surface area contributed by atoms with E-state index in [1.54, 1.807) is 0 Å². The molecule has 1 aromatic carbocycles. The van der Waals surface area contributed by atoms with E-state index in [0.717, 1.165) is 17.8 Å². The number of nitrogens with zero attached hydrogens (tertiary/aromatic N) is 1. The lowest BCUT2D eigenvalue weighted by atomic mass is 9.76. The molecular weight excluding hydrogens is 238 g/mol. The Labute approximate surface area is 111 Å². The number of thiazole rings is 1. The van der Waals surface area contributed by atoms with Crippen molar-refractivity contribution in [3.63, 3.8) is 0 Å². The monoisotopic (exact) mass is 255 g/mol. The average molecular weight is 255 g/mol. The van der Waals surface area contributed by atoms with Crippen molar-refractivity contribution in [2.24, 2.45) is 17.8 Å². The van der Waals surface area contributed by atoms with Crippen molar-refractivity contribution < 1.29 is 0 Å². The minimum absolute atomic E-state index is 0.497. The van der Waals surface area contributed by atoms with Crippen LogP contribution in [0.1, 0.15) is 37.1 Å². The molecule has 4 fully saturated rings. The van der Waals surface area contributed by atoms with Gasteiger partial charge < -0.3 is 0 Å². The molecule has 2 heteroatoms. The van der Waals surface area contributed by atoms with Crippen LogP contribution in [0, 0.1) is 17.8 Å². The molecule has 0 radical (unpaired) electrons. The number of fused-ring (bicyclic) bond motifs is 1. The van der Waals surface area contributed by atoms with Crippen LogP contribution in [0.3, 0.4) is 0 Å². The van der Waals surface area contributed by atoms with Gasteiger partial charge in [0.15, 0.2) is 0 Å². The molecule has 4 saturated carbocycles. The summed E-state index contributed by atoms with van der Waals surface area (Å²) in [6, 6.07) is 8.65. The van der Waals surface area contributed by atoms with Crippen molar-refractivity contribution in [2.75, 3.05) is 0 Å². The topological polar surface area (TPSA) is 12.9 Å². The third-order valence-electron chi connectivity index (χ3n) is 5.71. The lowest BCUT2D eigenvalue weighted by molar-refractivity contribution is 0.266. The molecule has 4 bridgehead atoms. The lowest BCUT2D eigenvalue weighted by Gasteiger charge is -2.30. The zero-order chi connectivity index (χ0) is 11.7. The van der Waals surface area contributed by atoms with Gasteiger partial charge in [-0.25, -0.2) is 4.98 Å². The van der Waals surface area contributed by atoms with E-state index in [4.69, 9.17) is 4.98 Å². The Kier molecular flexibility index (Phi) is 1.75. The van der Waals surface area contributed by atoms with E-state index in [1.807, 2.05) is 11.3 Å². The molecule has 4 aliphatic rings. The summed E-state index contributed by atoms with van der Waals surface area (Å²) < 4.78 is 1.38. The van der Waals surface area contributed by atoms with Crippen molar-refractivity contribution in [1.29, 1.82) is 0 Å². The van der Waals surface area contributed by atoms with E-state index in [2.05, 4.69) is 24.3 Å². The Balaban J connectivity index is 1.70. The van der Waals surface area contributed by atoms with E-state index >= 15 is 0 Å². The molecule has 2 aromatic rings. The molecule has 6 rings (SSSR count). The van der Waals surface area contributed by atoms with Crippen molar-refractivity contribution in [3.05, 3.63) is 29.3 Å². The van der Waals surface area contributed by atoms with Crippen LogP contribution in [0.4, 0.5) is 0 Å². The van der Waals surface area contributed by atoms with E-state index in [1.165, 1.54) is 47.3 Å². The van der Waals surface area contributed by atoms with Crippen molar-refractivity contribution in [2.45, 2.75) is 37.5 Å². The van der Waals surface area contributed by atoms with Crippen LogP contribution in [0.15, 0.2) is 24.3 Å². The number of aromatic nitrogens is 1. The van der Waals surface area contributed by atoms with Gasteiger partial charge in [-0.3, -0.25) is 0 Å². The quantitative estimate of drug-likeness (QED) is 0.737. The van der Waals surface area contributed by atoms with Crippen molar-refractivity contribution in [1.82, 2.24) is 4.98 Å². The van der Waals surface area contributed by atoms with Crippen LogP contribution >= 0.6 is 11.3 Å². The molecule has 2 atom stereocenters. The fourth-order valence-corrected chi connectivity index (χ4v) is 6.48. The van der Waals surface area contributed by atoms with Gasteiger partial charge in [0.05, 0.1) is 10.2 Å². The highest BCUT2D eigenvalue weighted by Crippen LogP contribution is 2.66. The fraction of sp³-hybridized carbons (Fsp3) is 0.562. The highest BCUT2D eigenvalue weighted by Gasteiger charge is 2.59. The Hall–Kier alpha value is -0.890. The molecule has 92 valence electrons. The highest BCUT2D eigenvalue weighted by atomic mass is 32.1. The maximum atomic E-state index is 5.00. The number of benzene rings is 1. The Morgan fingerprint density at radius 3 is 2.61 bits per heavy atom. The molecule has 0 saturated heterocycles. The van der Waals surface area contributed by atoms with E-state index < -0.39 is 0 Å². The first kappa shape index (κ1) is 9.96. The number of rotatable bonds is 1. The number of hydrogen-bond acceptors (Lipinski definition) is 2. The summed E-state index contributed by atoms with van der Waals surface area (Å²) in [4.78, 5) is 5.00. The minimum Gasteiger partial charge on any atom is -0.241 e. The summed E-state index contributed by atoms with van der Waals surface area (Å²) in [5, 5.41) is 1.47. The molecule has 1 aromatic heterocycles. The third-order valence-corrected chi connectivity index (χ3v) is 6.97. The molecule has 1 nitrogen and oxygen atoms in total. The first-order valence-corrected chi connectivity index (χ1v) is 8.01. The van der Waals surface area contributed by atoms with E-state index in [0.29, 0.717) is 5.41 Å². The Morgan fingerprint density at radius 2 is 1.83 bits per heavy atom. The van der Waals surface area contributed by atoms with Crippen LogP contribution in [-0.2, 0) is 5.41 Å². The molecule has 0 aliphatic heterocycles. The van der Waals surface area contributed by atoms with Gasteiger partial charge in [0.2, 0.25) is 0 Å². The summed E-state index contributed by atoms with van der Waals surface area (Å²) >= 11 is 1.97. The second kappa shape index (κ2) is 3.16. The van der Waals surface area contributed by atoms with Gasteiger partial charge in [-0.05, 0) is 62.0 Å². The molecule has 0 amide bonds. The Morgan fingerprint density at radius 1 is 1.06 bits per heavy atom. The van der Waals surface area contributed by atoms with E-state index in [-0.39, 0.29) is 0 Å². The zero-order valence-electron chi connectivity index (χ0n) is 10.4.